The molecular weight excluding hydrogens is 508 g/mol. The molecule has 11 nitrogen and oxygen atoms in total. The second kappa shape index (κ2) is 13.0. The normalized spacial score (nSPS) is 11.9. The Morgan fingerprint density at radius 3 is 1.67 bits per heavy atom. The average Bonchev–Trinajstić information content (AvgIpc) is 2.94. The zero-order chi connectivity index (χ0) is 28.5. The number of hydrogen-bond donors (Lipinski definition) is 2. The summed E-state index contributed by atoms with van der Waals surface area (Å²) >= 11 is 0. The maximum Gasteiger partial charge on any atom is 0.349 e. The van der Waals surface area contributed by atoms with Gasteiger partial charge < -0.3 is 34.3 Å². The van der Waals surface area contributed by atoms with E-state index in [-0.39, 0.29) is 11.1 Å². The molecule has 3 aromatic carbocycles. The first-order valence-electron chi connectivity index (χ1n) is 11.6. The molecule has 0 heterocycles. The topological polar surface area (TPSA) is 141 Å². The van der Waals surface area contributed by atoms with Crippen LogP contribution in [-0.2, 0) is 19.1 Å². The first-order valence-corrected chi connectivity index (χ1v) is 11.6. The fraction of sp³-hybridized carbons (Fsp3) is 0.214. The number of carboxylic acids is 1. The van der Waals surface area contributed by atoms with Gasteiger partial charge in [-0.05, 0) is 60.7 Å². The molecule has 39 heavy (non-hydrogen) atoms. The van der Waals surface area contributed by atoms with Gasteiger partial charge in [-0.2, -0.15) is 0 Å². The molecule has 0 fully saturated rings. The second-order valence-electron chi connectivity index (χ2n) is 8.38. The largest absolute Gasteiger partial charge is 0.497 e. The standard InChI is InChI=1S/C28H28N2O9/c1-30(2)20-13-11-19(12-14-20)29-25(31)23(38-27(34)17-7-5-9-21(15-17)36-3)24(26(32)33)39-28(35)18-8-6-10-22(16-18)37-4/h5-16,23-24H,1-4H3,(H,29,31)(H,32,33)/t23-,24-/m0/s1. The molecule has 0 aliphatic carbocycles. The number of carbonyl (C=O) groups is 4. The van der Waals surface area contributed by atoms with Crippen molar-refractivity contribution >= 4 is 35.2 Å². The monoisotopic (exact) mass is 536 g/mol. The minimum Gasteiger partial charge on any atom is -0.497 e. The van der Waals surface area contributed by atoms with Crippen LogP contribution in [0, 0.1) is 0 Å². The Balaban J connectivity index is 1.92. The molecule has 0 radical (unpaired) electrons. The highest BCUT2D eigenvalue weighted by molar-refractivity contribution is 6.01. The Hall–Kier alpha value is -5.06. The van der Waals surface area contributed by atoms with Gasteiger partial charge in [0.2, 0.25) is 12.2 Å². The van der Waals surface area contributed by atoms with Crippen LogP contribution in [0.15, 0.2) is 72.8 Å². The molecule has 204 valence electrons. The van der Waals surface area contributed by atoms with E-state index in [9.17, 15) is 24.3 Å². The lowest BCUT2D eigenvalue weighted by Gasteiger charge is -2.24. The Bertz CT molecular complexity index is 1340. The van der Waals surface area contributed by atoms with Gasteiger partial charge in [0.15, 0.2) is 0 Å². The van der Waals surface area contributed by atoms with E-state index in [2.05, 4.69) is 5.32 Å². The molecule has 2 atom stereocenters. The van der Waals surface area contributed by atoms with E-state index in [0.717, 1.165) is 5.69 Å². The van der Waals surface area contributed by atoms with Gasteiger partial charge in [-0.25, -0.2) is 14.4 Å². The number of rotatable bonds is 11. The number of hydrogen-bond acceptors (Lipinski definition) is 9. The first-order chi connectivity index (χ1) is 18.6. The highest BCUT2D eigenvalue weighted by Gasteiger charge is 2.41. The van der Waals surface area contributed by atoms with Gasteiger partial charge >= 0.3 is 17.9 Å². The molecule has 0 bridgehead atoms. The Labute approximate surface area is 224 Å². The number of carbonyl (C=O) groups excluding carboxylic acids is 3. The Kier molecular flexibility index (Phi) is 9.47. The van der Waals surface area contributed by atoms with Crippen molar-refractivity contribution in [2.75, 3.05) is 38.5 Å². The van der Waals surface area contributed by atoms with Crippen LogP contribution in [0.5, 0.6) is 11.5 Å². The van der Waals surface area contributed by atoms with Crippen molar-refractivity contribution in [3.05, 3.63) is 83.9 Å². The number of benzene rings is 3. The lowest BCUT2D eigenvalue weighted by Crippen LogP contribution is -2.48. The lowest BCUT2D eigenvalue weighted by atomic mass is 10.1. The van der Waals surface area contributed by atoms with Crippen LogP contribution >= 0.6 is 0 Å². The predicted molar refractivity (Wildman–Crippen MR) is 141 cm³/mol. The molecule has 0 aromatic heterocycles. The van der Waals surface area contributed by atoms with Gasteiger partial charge in [0.1, 0.15) is 11.5 Å². The maximum atomic E-state index is 13.3. The molecule has 0 aliphatic heterocycles. The van der Waals surface area contributed by atoms with Gasteiger partial charge in [0, 0.05) is 25.5 Å². The minimum absolute atomic E-state index is 0.00857. The summed E-state index contributed by atoms with van der Waals surface area (Å²) in [5, 5.41) is 12.4. The third-order valence-corrected chi connectivity index (χ3v) is 5.51. The SMILES string of the molecule is COc1cccc(C(=O)O[C@H](C(=O)O)[C@H](OC(=O)c2cccc(OC)c2)C(=O)Nc2ccc(N(C)C)cc2)c1. The average molecular weight is 537 g/mol. The molecule has 2 N–H and O–H groups in total. The number of methoxy groups -OCH3 is 2. The van der Waals surface area contributed by atoms with Crippen LogP contribution < -0.4 is 19.7 Å². The Morgan fingerprint density at radius 2 is 1.23 bits per heavy atom. The van der Waals surface area contributed by atoms with E-state index >= 15 is 0 Å². The van der Waals surface area contributed by atoms with Crippen LogP contribution in [-0.4, -0.2) is 69.4 Å². The summed E-state index contributed by atoms with van der Waals surface area (Å²) in [5.74, 6) is -4.14. The third-order valence-electron chi connectivity index (χ3n) is 5.51. The van der Waals surface area contributed by atoms with E-state index in [4.69, 9.17) is 18.9 Å². The number of amides is 1. The molecule has 1 amide bonds. The van der Waals surface area contributed by atoms with Crippen molar-refractivity contribution < 1.29 is 43.2 Å². The number of nitrogens with zero attached hydrogens (tertiary/aromatic N) is 1. The predicted octanol–water partition coefficient (Wildman–Crippen LogP) is 3.24. The Morgan fingerprint density at radius 1 is 0.744 bits per heavy atom. The zero-order valence-electron chi connectivity index (χ0n) is 21.7. The van der Waals surface area contributed by atoms with Gasteiger partial charge in [0.25, 0.3) is 5.91 Å². The number of ether oxygens (including phenoxy) is 4. The first kappa shape index (κ1) is 28.5. The van der Waals surface area contributed by atoms with Crippen molar-refractivity contribution in [2.45, 2.75) is 12.2 Å². The van der Waals surface area contributed by atoms with Crippen molar-refractivity contribution in [3.63, 3.8) is 0 Å². The van der Waals surface area contributed by atoms with Gasteiger partial charge in [-0.15, -0.1) is 0 Å². The molecule has 0 saturated heterocycles. The highest BCUT2D eigenvalue weighted by atomic mass is 16.6. The molecule has 11 heteroatoms. The van der Waals surface area contributed by atoms with Crippen LogP contribution in [0.1, 0.15) is 20.7 Å². The van der Waals surface area contributed by atoms with E-state index < -0.39 is 36.0 Å². The molecular formula is C28H28N2O9. The smallest absolute Gasteiger partial charge is 0.349 e. The van der Waals surface area contributed by atoms with E-state index in [1.807, 2.05) is 19.0 Å². The van der Waals surface area contributed by atoms with Gasteiger partial charge in [0.05, 0.1) is 25.3 Å². The molecule has 0 aliphatic rings. The fourth-order valence-corrected chi connectivity index (χ4v) is 3.42. The van der Waals surface area contributed by atoms with E-state index in [0.29, 0.717) is 17.2 Å². The number of anilines is 2. The van der Waals surface area contributed by atoms with Crippen LogP contribution in [0.25, 0.3) is 0 Å². The summed E-state index contributed by atoms with van der Waals surface area (Å²) in [6, 6.07) is 18.3. The molecule has 3 aromatic rings. The maximum absolute atomic E-state index is 13.3. The molecule has 3 rings (SSSR count). The molecule has 0 unspecified atom stereocenters. The van der Waals surface area contributed by atoms with Crippen LogP contribution in [0.2, 0.25) is 0 Å². The lowest BCUT2D eigenvalue weighted by molar-refractivity contribution is -0.157. The van der Waals surface area contributed by atoms with E-state index in [1.54, 1.807) is 36.4 Å². The zero-order valence-corrected chi connectivity index (χ0v) is 21.7. The summed E-state index contributed by atoms with van der Waals surface area (Å²) in [5.41, 5.74) is 1.12. The summed E-state index contributed by atoms with van der Waals surface area (Å²) in [7, 11) is 6.49. The minimum atomic E-state index is -2.18. The van der Waals surface area contributed by atoms with Crippen molar-refractivity contribution in [1.29, 1.82) is 0 Å². The van der Waals surface area contributed by atoms with E-state index in [1.165, 1.54) is 50.6 Å². The summed E-state index contributed by atoms with van der Waals surface area (Å²) in [6.07, 6.45) is -4.23. The number of aliphatic carboxylic acids is 1. The molecule has 0 saturated carbocycles. The third kappa shape index (κ3) is 7.48. The number of nitrogens with one attached hydrogen (secondary N) is 1. The summed E-state index contributed by atoms with van der Waals surface area (Å²) in [6.45, 7) is 0. The van der Waals surface area contributed by atoms with Gasteiger partial charge in [-0.3, -0.25) is 4.79 Å². The number of esters is 2. The van der Waals surface area contributed by atoms with Crippen molar-refractivity contribution in [3.8, 4) is 11.5 Å². The summed E-state index contributed by atoms with van der Waals surface area (Å²) in [4.78, 5) is 53.1. The highest BCUT2D eigenvalue weighted by Crippen LogP contribution is 2.21. The van der Waals surface area contributed by atoms with Gasteiger partial charge in [-0.1, -0.05) is 12.1 Å². The van der Waals surface area contributed by atoms with Crippen LogP contribution in [0.3, 0.4) is 0 Å². The quantitative estimate of drug-likeness (QED) is 0.351. The van der Waals surface area contributed by atoms with Crippen molar-refractivity contribution in [2.24, 2.45) is 0 Å². The van der Waals surface area contributed by atoms with Crippen molar-refractivity contribution in [1.82, 2.24) is 0 Å². The fourth-order valence-electron chi connectivity index (χ4n) is 3.42. The van der Waals surface area contributed by atoms with Crippen LogP contribution in [0.4, 0.5) is 11.4 Å². The molecule has 0 spiro atoms. The summed E-state index contributed by atoms with van der Waals surface area (Å²) < 4.78 is 20.7. The number of carboxylic acid groups (broad SMARTS) is 1. The second-order valence-corrected chi connectivity index (χ2v) is 8.38.